The molecule has 2 unspecified atom stereocenters. The van der Waals surface area contributed by atoms with Gasteiger partial charge in [-0.25, -0.2) is 4.79 Å². The van der Waals surface area contributed by atoms with E-state index in [9.17, 15) is 9.59 Å². The van der Waals surface area contributed by atoms with Gasteiger partial charge in [-0.1, -0.05) is 6.92 Å². The molecule has 92 valence electrons. The summed E-state index contributed by atoms with van der Waals surface area (Å²) < 4.78 is 5.28. The van der Waals surface area contributed by atoms with Crippen LogP contribution in [0.15, 0.2) is 0 Å². The van der Waals surface area contributed by atoms with Gasteiger partial charge in [-0.3, -0.25) is 0 Å². The highest BCUT2D eigenvalue weighted by Gasteiger charge is 2.32. The van der Waals surface area contributed by atoms with E-state index in [1.54, 1.807) is 4.90 Å². The zero-order valence-corrected chi connectivity index (χ0v) is 10.5. The van der Waals surface area contributed by atoms with Gasteiger partial charge in [0.15, 0.2) is 0 Å². The van der Waals surface area contributed by atoms with Gasteiger partial charge in [0.05, 0.1) is 0 Å². The van der Waals surface area contributed by atoms with Crippen LogP contribution in [0.5, 0.6) is 0 Å². The van der Waals surface area contributed by atoms with Gasteiger partial charge in [-0.2, -0.15) is 0 Å². The van der Waals surface area contributed by atoms with Crippen molar-refractivity contribution in [3.63, 3.8) is 0 Å². The number of carbonyl (C=O) groups is 2. The van der Waals surface area contributed by atoms with E-state index in [-0.39, 0.29) is 17.9 Å². The molecule has 4 heteroatoms. The average Bonchev–Trinajstić information content (AvgIpc) is 2.62. The van der Waals surface area contributed by atoms with Crippen LogP contribution >= 0.6 is 0 Å². The Kier molecular flexibility index (Phi) is 3.94. The summed E-state index contributed by atoms with van der Waals surface area (Å²) in [6.45, 7) is 8.79. The van der Waals surface area contributed by atoms with Crippen molar-refractivity contribution in [2.24, 2.45) is 11.8 Å². The molecule has 0 bridgehead atoms. The molecule has 0 N–H and O–H groups in total. The third-order valence-electron chi connectivity index (χ3n) is 2.83. The van der Waals surface area contributed by atoms with Crippen LogP contribution in [0.25, 0.3) is 0 Å². The quantitative estimate of drug-likeness (QED) is 0.678. The first-order chi connectivity index (χ1) is 7.33. The Labute approximate surface area is 96.9 Å². The van der Waals surface area contributed by atoms with E-state index in [2.05, 4.69) is 0 Å². The molecular weight excluding hydrogens is 206 g/mol. The van der Waals surface area contributed by atoms with E-state index in [1.165, 1.54) is 0 Å². The van der Waals surface area contributed by atoms with Crippen LogP contribution in [0.2, 0.25) is 0 Å². The second-order valence-corrected chi connectivity index (χ2v) is 5.47. The lowest BCUT2D eigenvalue weighted by Gasteiger charge is -2.24. The van der Waals surface area contributed by atoms with Gasteiger partial charge in [0.2, 0.25) is 0 Å². The summed E-state index contributed by atoms with van der Waals surface area (Å²) in [6, 6.07) is 0. The minimum atomic E-state index is -0.453. The highest BCUT2D eigenvalue weighted by atomic mass is 16.6. The fourth-order valence-electron chi connectivity index (χ4n) is 1.82. The Hall–Kier alpha value is -1.06. The summed E-state index contributed by atoms with van der Waals surface area (Å²) in [5.41, 5.74) is -0.453. The van der Waals surface area contributed by atoms with Crippen molar-refractivity contribution < 1.29 is 14.3 Å². The number of rotatable bonds is 2. The zero-order chi connectivity index (χ0) is 12.3. The SMILES string of the molecule is CC(C=O)C1CCN(C(=O)OC(C)(C)C)C1. The van der Waals surface area contributed by atoms with E-state index in [1.807, 2.05) is 27.7 Å². The monoisotopic (exact) mass is 227 g/mol. The molecule has 0 aliphatic carbocycles. The fraction of sp³-hybridized carbons (Fsp3) is 0.833. The smallest absolute Gasteiger partial charge is 0.410 e. The minimum Gasteiger partial charge on any atom is -0.444 e. The summed E-state index contributed by atoms with van der Waals surface area (Å²) >= 11 is 0. The molecule has 1 amide bonds. The summed E-state index contributed by atoms with van der Waals surface area (Å²) in [6.07, 6.45) is 1.58. The number of aldehydes is 1. The lowest BCUT2D eigenvalue weighted by atomic mass is 9.95. The van der Waals surface area contributed by atoms with E-state index in [4.69, 9.17) is 4.74 Å². The molecule has 2 atom stereocenters. The van der Waals surface area contributed by atoms with Crippen molar-refractivity contribution in [3.8, 4) is 0 Å². The lowest BCUT2D eigenvalue weighted by molar-refractivity contribution is -0.111. The lowest BCUT2D eigenvalue weighted by Crippen LogP contribution is -2.35. The van der Waals surface area contributed by atoms with Crippen molar-refractivity contribution in [2.75, 3.05) is 13.1 Å². The van der Waals surface area contributed by atoms with Crippen LogP contribution < -0.4 is 0 Å². The largest absolute Gasteiger partial charge is 0.444 e. The van der Waals surface area contributed by atoms with Crippen LogP contribution in [-0.2, 0) is 9.53 Å². The third kappa shape index (κ3) is 3.51. The van der Waals surface area contributed by atoms with Crippen LogP contribution in [-0.4, -0.2) is 36.0 Å². The predicted octanol–water partition coefficient (Wildman–Crippen LogP) is 2.08. The molecule has 16 heavy (non-hydrogen) atoms. The van der Waals surface area contributed by atoms with Gasteiger partial charge < -0.3 is 14.4 Å². The highest BCUT2D eigenvalue weighted by Crippen LogP contribution is 2.24. The molecular formula is C12H21NO3. The average molecular weight is 227 g/mol. The molecule has 0 spiro atoms. The van der Waals surface area contributed by atoms with Crippen LogP contribution in [0.1, 0.15) is 34.1 Å². The van der Waals surface area contributed by atoms with E-state index >= 15 is 0 Å². The van der Waals surface area contributed by atoms with Crippen LogP contribution in [0, 0.1) is 11.8 Å². The van der Waals surface area contributed by atoms with Crippen LogP contribution in [0.3, 0.4) is 0 Å². The molecule has 0 radical (unpaired) electrons. The predicted molar refractivity (Wildman–Crippen MR) is 61.1 cm³/mol. The normalized spacial score (nSPS) is 23.0. The molecule has 0 saturated carbocycles. The van der Waals surface area contributed by atoms with E-state index in [0.29, 0.717) is 13.1 Å². The molecule has 0 aromatic carbocycles. The first-order valence-corrected chi connectivity index (χ1v) is 5.76. The third-order valence-corrected chi connectivity index (χ3v) is 2.83. The highest BCUT2D eigenvalue weighted by molar-refractivity contribution is 5.68. The van der Waals surface area contributed by atoms with Crippen molar-refractivity contribution in [3.05, 3.63) is 0 Å². The maximum Gasteiger partial charge on any atom is 0.410 e. The molecule has 0 aromatic rings. The maximum atomic E-state index is 11.7. The Morgan fingerprint density at radius 2 is 2.12 bits per heavy atom. The molecule has 1 heterocycles. The number of nitrogens with zero attached hydrogens (tertiary/aromatic N) is 1. The maximum absolute atomic E-state index is 11.7. The van der Waals surface area contributed by atoms with Gasteiger partial charge >= 0.3 is 6.09 Å². The summed E-state index contributed by atoms with van der Waals surface area (Å²) in [7, 11) is 0. The van der Waals surface area contributed by atoms with Gasteiger partial charge in [0, 0.05) is 19.0 Å². The number of likely N-dealkylation sites (tertiary alicyclic amines) is 1. The Morgan fingerprint density at radius 3 is 2.62 bits per heavy atom. The zero-order valence-electron chi connectivity index (χ0n) is 10.5. The summed E-state index contributed by atoms with van der Waals surface area (Å²) in [5, 5.41) is 0. The molecule has 1 aliphatic heterocycles. The first-order valence-electron chi connectivity index (χ1n) is 5.76. The molecule has 1 fully saturated rings. The van der Waals surface area contributed by atoms with E-state index in [0.717, 1.165) is 12.7 Å². The number of carbonyl (C=O) groups excluding carboxylic acids is 2. The number of amides is 1. The van der Waals surface area contributed by atoms with Crippen molar-refractivity contribution >= 4 is 12.4 Å². The standard InChI is InChI=1S/C12H21NO3/c1-9(8-14)10-5-6-13(7-10)11(15)16-12(2,3)4/h8-10H,5-7H2,1-4H3. The first kappa shape index (κ1) is 13.0. The van der Waals surface area contributed by atoms with Crippen LogP contribution in [0.4, 0.5) is 4.79 Å². The molecule has 4 nitrogen and oxygen atoms in total. The number of ether oxygens (including phenoxy) is 1. The van der Waals surface area contributed by atoms with E-state index < -0.39 is 5.60 Å². The number of hydrogen-bond donors (Lipinski definition) is 0. The topological polar surface area (TPSA) is 46.6 Å². The summed E-state index contributed by atoms with van der Waals surface area (Å²) in [4.78, 5) is 24.1. The number of hydrogen-bond acceptors (Lipinski definition) is 3. The van der Waals surface area contributed by atoms with Gasteiger partial charge in [0.1, 0.15) is 11.9 Å². The van der Waals surface area contributed by atoms with Crippen molar-refractivity contribution in [2.45, 2.75) is 39.7 Å². The molecule has 1 aliphatic rings. The molecule has 0 aromatic heterocycles. The molecule has 1 saturated heterocycles. The minimum absolute atomic E-state index is 0.0208. The summed E-state index contributed by atoms with van der Waals surface area (Å²) in [5.74, 6) is 0.303. The Morgan fingerprint density at radius 1 is 1.50 bits per heavy atom. The fourth-order valence-corrected chi connectivity index (χ4v) is 1.82. The van der Waals surface area contributed by atoms with Gasteiger partial charge in [0.25, 0.3) is 0 Å². The Bertz CT molecular complexity index is 270. The van der Waals surface area contributed by atoms with Gasteiger partial charge in [-0.15, -0.1) is 0 Å². The Balaban J connectivity index is 2.47. The second-order valence-electron chi connectivity index (χ2n) is 5.47. The van der Waals surface area contributed by atoms with Crippen molar-refractivity contribution in [1.29, 1.82) is 0 Å². The van der Waals surface area contributed by atoms with Gasteiger partial charge in [-0.05, 0) is 33.1 Å². The van der Waals surface area contributed by atoms with Crippen molar-refractivity contribution in [1.82, 2.24) is 4.90 Å². The molecule has 1 rings (SSSR count). The second kappa shape index (κ2) is 4.85.